The molecule has 0 bridgehead atoms. The van der Waals surface area contributed by atoms with Crippen molar-refractivity contribution in [1.82, 2.24) is 19.4 Å². The molecule has 1 aliphatic rings. The van der Waals surface area contributed by atoms with E-state index >= 15 is 0 Å². The van der Waals surface area contributed by atoms with Gasteiger partial charge in [-0.25, -0.2) is 4.98 Å². The van der Waals surface area contributed by atoms with Crippen molar-refractivity contribution < 1.29 is 4.79 Å². The van der Waals surface area contributed by atoms with Gasteiger partial charge < -0.3 is 10.3 Å². The smallest absolute Gasteiger partial charge is 0.245 e. The minimum absolute atomic E-state index is 0.372. The highest BCUT2D eigenvalue weighted by molar-refractivity contribution is 6.12. The number of terminal acetylenes is 1. The van der Waals surface area contributed by atoms with E-state index in [1.54, 1.807) is 12.3 Å². The van der Waals surface area contributed by atoms with E-state index < -0.39 is 0 Å². The summed E-state index contributed by atoms with van der Waals surface area (Å²) in [4.78, 5) is 23.0. The van der Waals surface area contributed by atoms with Crippen LogP contribution in [-0.2, 0) is 24.3 Å². The number of carbonyl (C=O) groups is 1. The van der Waals surface area contributed by atoms with Crippen molar-refractivity contribution in [2.75, 3.05) is 13.1 Å². The Hall–Kier alpha value is -3.69. The third-order valence-electron chi connectivity index (χ3n) is 7.87. The van der Waals surface area contributed by atoms with Crippen LogP contribution in [0.15, 0.2) is 48.7 Å². The molecular weight excluding hydrogens is 542 g/mol. The number of rotatable bonds is 11. The molecular formula is C38H57N5O. The second kappa shape index (κ2) is 21.9. The molecule has 2 N–H and O–H groups in total. The fourth-order valence-corrected chi connectivity index (χ4v) is 5.53. The molecule has 0 fully saturated rings. The summed E-state index contributed by atoms with van der Waals surface area (Å²) in [6, 6.07) is 14.3. The van der Waals surface area contributed by atoms with Crippen molar-refractivity contribution in [1.29, 1.82) is 0 Å². The molecule has 1 aromatic carbocycles. The molecule has 0 radical (unpaired) electrons. The minimum Gasteiger partial charge on any atom is -0.366 e. The van der Waals surface area contributed by atoms with Crippen molar-refractivity contribution in [2.24, 2.45) is 11.7 Å². The Balaban J connectivity index is 0.000000455. The Morgan fingerprint density at radius 2 is 1.75 bits per heavy atom. The van der Waals surface area contributed by atoms with Gasteiger partial charge in [-0.15, -0.1) is 12.8 Å². The van der Waals surface area contributed by atoms with Gasteiger partial charge in [0.2, 0.25) is 5.91 Å². The van der Waals surface area contributed by atoms with Gasteiger partial charge >= 0.3 is 0 Å². The molecule has 6 nitrogen and oxygen atoms in total. The molecule has 0 saturated carbocycles. The molecule has 3 aromatic rings. The van der Waals surface area contributed by atoms with Crippen LogP contribution in [0.3, 0.4) is 0 Å². The summed E-state index contributed by atoms with van der Waals surface area (Å²) in [7, 11) is 0. The average molecular weight is 600 g/mol. The first-order valence-corrected chi connectivity index (χ1v) is 16.5. The van der Waals surface area contributed by atoms with E-state index in [-0.39, 0.29) is 5.91 Å². The standard InChI is InChI=1S/C23H35N3.C11H14N2O.C2H6.C2H2/c1-4-6-8-11-19(3)14-16-25-17-15-22-21(18-25)24-23(26(22)5-2)20-12-9-7-10-13-20;1-3-8(11(12)14)9-6-5-7-13-10(9)4-2;2*1-2/h7,9-10,12-13,19H,4-6,8,11,14-18H2,1-3H3;4-7H,3H2,1-2H3,(H2,12,14);1-2H3;1-2H/b;9-8+,10-4+;;. The summed E-state index contributed by atoms with van der Waals surface area (Å²) in [5.74, 6) is 1.62. The molecule has 240 valence electrons. The number of nitrogens with zero attached hydrogens (tertiary/aromatic N) is 4. The molecule has 44 heavy (non-hydrogen) atoms. The van der Waals surface area contributed by atoms with Crippen LogP contribution in [0, 0.1) is 18.8 Å². The molecule has 0 saturated heterocycles. The molecule has 3 heterocycles. The van der Waals surface area contributed by atoms with Crippen molar-refractivity contribution >= 4 is 17.6 Å². The molecule has 1 unspecified atom stereocenters. The van der Waals surface area contributed by atoms with E-state index in [1.807, 2.05) is 39.8 Å². The second-order valence-corrected chi connectivity index (χ2v) is 10.8. The van der Waals surface area contributed by atoms with Gasteiger partial charge in [-0.2, -0.15) is 0 Å². The molecule has 6 heteroatoms. The Labute approximate surface area is 267 Å². The summed E-state index contributed by atoms with van der Waals surface area (Å²) in [6.45, 7) is 19.1. The van der Waals surface area contributed by atoms with Crippen LogP contribution in [0.25, 0.3) is 23.0 Å². The Bertz CT molecular complexity index is 1370. The minimum atomic E-state index is -0.372. The zero-order valence-corrected chi connectivity index (χ0v) is 28.5. The Morgan fingerprint density at radius 1 is 1.05 bits per heavy atom. The highest BCUT2D eigenvalue weighted by Gasteiger charge is 2.24. The van der Waals surface area contributed by atoms with Gasteiger partial charge in [0.05, 0.1) is 11.0 Å². The van der Waals surface area contributed by atoms with Crippen molar-refractivity contribution in [3.05, 3.63) is 70.6 Å². The van der Waals surface area contributed by atoms with Crippen LogP contribution in [0.2, 0.25) is 0 Å². The maximum Gasteiger partial charge on any atom is 0.245 e. The van der Waals surface area contributed by atoms with Gasteiger partial charge in [-0.3, -0.25) is 14.7 Å². The number of amides is 1. The molecule has 0 spiro atoms. The molecule has 4 rings (SSSR count). The topological polar surface area (TPSA) is 77.0 Å². The monoisotopic (exact) mass is 599 g/mol. The molecule has 0 aliphatic carbocycles. The van der Waals surface area contributed by atoms with Gasteiger partial charge in [0.25, 0.3) is 0 Å². The van der Waals surface area contributed by atoms with Gasteiger partial charge in [0.15, 0.2) is 0 Å². The maximum atomic E-state index is 11.1. The van der Waals surface area contributed by atoms with Crippen molar-refractivity contribution in [3.63, 3.8) is 0 Å². The van der Waals surface area contributed by atoms with Gasteiger partial charge in [-0.05, 0) is 45.2 Å². The highest BCUT2D eigenvalue weighted by atomic mass is 16.1. The lowest BCUT2D eigenvalue weighted by atomic mass is 9.99. The van der Waals surface area contributed by atoms with Crippen LogP contribution < -0.4 is 16.3 Å². The number of pyridine rings is 1. The number of benzene rings is 1. The van der Waals surface area contributed by atoms with E-state index in [0.717, 1.165) is 41.8 Å². The number of imidazole rings is 1. The summed E-state index contributed by atoms with van der Waals surface area (Å²) in [5.41, 5.74) is 9.91. The Kier molecular flexibility index (Phi) is 19.1. The van der Waals surface area contributed by atoms with Crippen LogP contribution in [0.1, 0.15) is 98.4 Å². The van der Waals surface area contributed by atoms with Crippen LogP contribution in [-0.4, -0.2) is 38.4 Å². The summed E-state index contributed by atoms with van der Waals surface area (Å²) >= 11 is 0. The number of unbranched alkanes of at least 4 members (excludes halogenated alkanes) is 2. The SMILES string of the molecule is C#C.C/C=c1/nccc/c1=C(/CC)C(N)=O.CC.CCCCCC(C)CCN1CCc2c(nc(-c3ccccc3)n2CC)C1. The quantitative estimate of drug-likeness (QED) is 0.196. The predicted molar refractivity (Wildman–Crippen MR) is 188 cm³/mol. The van der Waals surface area contributed by atoms with E-state index in [9.17, 15) is 4.79 Å². The first-order chi connectivity index (χ1) is 21.4. The molecule has 1 atom stereocenters. The molecule has 2 aromatic heterocycles. The zero-order valence-electron chi connectivity index (χ0n) is 28.5. The number of hydrogen-bond donors (Lipinski definition) is 1. The summed E-state index contributed by atoms with van der Waals surface area (Å²) in [5, 5.41) is 1.65. The van der Waals surface area contributed by atoms with E-state index in [2.05, 4.69) is 78.4 Å². The van der Waals surface area contributed by atoms with E-state index in [1.165, 1.54) is 62.1 Å². The zero-order chi connectivity index (χ0) is 32.9. The van der Waals surface area contributed by atoms with Gasteiger partial charge in [-0.1, -0.05) is 103 Å². The number of fused-ring (bicyclic) bond motifs is 1. The number of carbonyl (C=O) groups excluding carboxylic acids is 1. The summed E-state index contributed by atoms with van der Waals surface area (Å²) in [6.07, 6.45) is 20.1. The number of hydrogen-bond acceptors (Lipinski definition) is 4. The van der Waals surface area contributed by atoms with Gasteiger partial charge in [0.1, 0.15) is 5.82 Å². The van der Waals surface area contributed by atoms with E-state index in [0.29, 0.717) is 12.0 Å². The number of nitrogens with two attached hydrogens (primary N) is 1. The number of primary amides is 1. The number of aromatic nitrogens is 3. The van der Waals surface area contributed by atoms with Crippen molar-refractivity contribution in [3.8, 4) is 24.2 Å². The second-order valence-electron chi connectivity index (χ2n) is 10.8. The maximum absolute atomic E-state index is 11.1. The van der Waals surface area contributed by atoms with Gasteiger partial charge in [0, 0.05) is 54.3 Å². The van der Waals surface area contributed by atoms with E-state index in [4.69, 9.17) is 10.7 Å². The molecule has 1 amide bonds. The predicted octanol–water partition coefficient (Wildman–Crippen LogP) is 6.74. The lowest BCUT2D eigenvalue weighted by Gasteiger charge is -2.28. The van der Waals surface area contributed by atoms with Crippen LogP contribution in [0.4, 0.5) is 0 Å². The first-order valence-electron chi connectivity index (χ1n) is 16.5. The molecule has 1 aliphatic heterocycles. The van der Waals surface area contributed by atoms with Crippen LogP contribution in [0.5, 0.6) is 0 Å². The first kappa shape index (κ1) is 38.3. The van der Waals surface area contributed by atoms with Crippen molar-refractivity contribution in [2.45, 2.75) is 107 Å². The van der Waals surface area contributed by atoms with Crippen LogP contribution >= 0.6 is 0 Å². The third-order valence-corrected chi connectivity index (χ3v) is 7.87. The Morgan fingerprint density at radius 3 is 2.34 bits per heavy atom. The fourth-order valence-electron chi connectivity index (χ4n) is 5.53. The summed E-state index contributed by atoms with van der Waals surface area (Å²) < 4.78 is 2.43. The average Bonchev–Trinajstić information content (AvgIpc) is 3.45. The highest BCUT2D eigenvalue weighted by Crippen LogP contribution is 2.27. The third kappa shape index (κ3) is 11.4. The largest absolute Gasteiger partial charge is 0.366 e. The fraction of sp³-hybridized carbons (Fsp3) is 0.500. The lowest BCUT2D eigenvalue weighted by molar-refractivity contribution is -0.113. The normalized spacial score (nSPS) is 14.0. The lowest BCUT2D eigenvalue weighted by Crippen LogP contribution is -2.33.